The molecule has 94 valence electrons. The van der Waals surface area contributed by atoms with Crippen molar-refractivity contribution >= 4 is 11.6 Å². The van der Waals surface area contributed by atoms with Gasteiger partial charge < -0.3 is 9.84 Å². The largest absolute Gasteiger partial charge is 0.480 e. The van der Waals surface area contributed by atoms with E-state index in [4.69, 9.17) is 16.3 Å². The van der Waals surface area contributed by atoms with Gasteiger partial charge >= 0.3 is 0 Å². The van der Waals surface area contributed by atoms with Crippen molar-refractivity contribution in [2.75, 3.05) is 7.11 Å². The first-order valence-corrected chi connectivity index (χ1v) is 5.86. The summed E-state index contributed by atoms with van der Waals surface area (Å²) in [7, 11) is 1.50. The molecule has 0 fully saturated rings. The number of hydrogen-bond acceptors (Lipinski definition) is 4. The van der Waals surface area contributed by atoms with E-state index in [1.165, 1.54) is 19.5 Å². The van der Waals surface area contributed by atoms with Gasteiger partial charge in [-0.1, -0.05) is 23.7 Å². The standard InChI is InChI=1S/C13H13ClN2O2/c1-18-13-12(15-5-6-16-13)11(17)8-9-3-2-4-10(14)7-9/h2-7,11,17H,8H2,1H3. The molecule has 0 aliphatic heterocycles. The lowest BCUT2D eigenvalue weighted by Gasteiger charge is -2.12. The van der Waals surface area contributed by atoms with Gasteiger partial charge in [0.15, 0.2) is 0 Å². The van der Waals surface area contributed by atoms with E-state index >= 15 is 0 Å². The summed E-state index contributed by atoms with van der Waals surface area (Å²) in [5, 5.41) is 10.8. The van der Waals surface area contributed by atoms with Gasteiger partial charge in [0.2, 0.25) is 5.88 Å². The van der Waals surface area contributed by atoms with Crippen molar-refractivity contribution in [3.05, 3.63) is 52.9 Å². The van der Waals surface area contributed by atoms with Crippen LogP contribution in [0.1, 0.15) is 17.4 Å². The third-order valence-electron chi connectivity index (χ3n) is 2.52. The fourth-order valence-electron chi connectivity index (χ4n) is 1.71. The molecular weight excluding hydrogens is 252 g/mol. The van der Waals surface area contributed by atoms with Crippen LogP contribution >= 0.6 is 11.6 Å². The van der Waals surface area contributed by atoms with Crippen LogP contribution in [0.15, 0.2) is 36.7 Å². The molecule has 1 aromatic heterocycles. The second kappa shape index (κ2) is 5.80. The number of benzene rings is 1. The summed E-state index contributed by atoms with van der Waals surface area (Å²) in [5.74, 6) is 0.340. The number of ether oxygens (including phenoxy) is 1. The van der Waals surface area contributed by atoms with Gasteiger partial charge in [0, 0.05) is 23.8 Å². The van der Waals surface area contributed by atoms with Gasteiger partial charge in [-0.25, -0.2) is 4.98 Å². The highest BCUT2D eigenvalue weighted by molar-refractivity contribution is 6.30. The van der Waals surface area contributed by atoms with Crippen LogP contribution in [-0.2, 0) is 6.42 Å². The van der Waals surface area contributed by atoms with Gasteiger partial charge in [0.05, 0.1) is 7.11 Å². The number of methoxy groups -OCH3 is 1. The van der Waals surface area contributed by atoms with Gasteiger partial charge in [-0.15, -0.1) is 0 Å². The molecule has 0 radical (unpaired) electrons. The maximum absolute atomic E-state index is 10.2. The first-order valence-electron chi connectivity index (χ1n) is 5.48. The molecule has 2 rings (SSSR count). The van der Waals surface area contributed by atoms with Crippen LogP contribution in [0.3, 0.4) is 0 Å². The molecule has 1 heterocycles. The van der Waals surface area contributed by atoms with Crippen molar-refractivity contribution in [1.29, 1.82) is 0 Å². The van der Waals surface area contributed by atoms with Crippen molar-refractivity contribution in [3.63, 3.8) is 0 Å². The minimum atomic E-state index is -0.771. The van der Waals surface area contributed by atoms with Gasteiger partial charge in [-0.3, -0.25) is 4.98 Å². The molecule has 0 saturated heterocycles. The van der Waals surface area contributed by atoms with E-state index < -0.39 is 6.10 Å². The van der Waals surface area contributed by atoms with E-state index in [0.29, 0.717) is 23.0 Å². The van der Waals surface area contributed by atoms with Crippen molar-refractivity contribution in [2.45, 2.75) is 12.5 Å². The van der Waals surface area contributed by atoms with Crippen LogP contribution in [0, 0.1) is 0 Å². The van der Waals surface area contributed by atoms with Crippen LogP contribution in [0.5, 0.6) is 5.88 Å². The van der Waals surface area contributed by atoms with Crippen molar-refractivity contribution < 1.29 is 9.84 Å². The number of aliphatic hydroxyl groups excluding tert-OH is 1. The zero-order chi connectivity index (χ0) is 13.0. The SMILES string of the molecule is COc1nccnc1C(O)Cc1cccc(Cl)c1. The maximum atomic E-state index is 10.2. The van der Waals surface area contributed by atoms with Gasteiger partial charge in [0.25, 0.3) is 0 Å². The summed E-state index contributed by atoms with van der Waals surface area (Å²) in [6.45, 7) is 0. The van der Waals surface area contributed by atoms with E-state index in [-0.39, 0.29) is 0 Å². The van der Waals surface area contributed by atoms with E-state index in [1.807, 2.05) is 18.2 Å². The topological polar surface area (TPSA) is 55.2 Å². The summed E-state index contributed by atoms with van der Waals surface area (Å²) in [4.78, 5) is 8.10. The number of rotatable bonds is 4. The molecule has 0 saturated carbocycles. The smallest absolute Gasteiger partial charge is 0.238 e. The lowest BCUT2D eigenvalue weighted by atomic mass is 10.1. The molecule has 18 heavy (non-hydrogen) atoms. The highest BCUT2D eigenvalue weighted by Gasteiger charge is 2.16. The number of nitrogens with zero attached hydrogens (tertiary/aromatic N) is 2. The molecule has 1 atom stereocenters. The number of halogens is 1. The quantitative estimate of drug-likeness (QED) is 0.921. The molecule has 0 aliphatic rings. The van der Waals surface area contributed by atoms with Crippen LogP contribution in [0.2, 0.25) is 5.02 Å². The molecule has 1 aromatic carbocycles. The van der Waals surface area contributed by atoms with Crippen molar-refractivity contribution in [3.8, 4) is 5.88 Å². The Kier molecular flexibility index (Phi) is 4.12. The van der Waals surface area contributed by atoms with Gasteiger partial charge in [0.1, 0.15) is 11.8 Å². The Balaban J connectivity index is 2.19. The average Bonchev–Trinajstić information content (AvgIpc) is 2.38. The molecule has 2 aromatic rings. The van der Waals surface area contributed by atoms with E-state index in [1.54, 1.807) is 6.07 Å². The molecule has 5 heteroatoms. The molecule has 0 amide bonds. The fourth-order valence-corrected chi connectivity index (χ4v) is 1.92. The molecule has 1 unspecified atom stereocenters. The molecule has 0 bridgehead atoms. The summed E-state index contributed by atoms with van der Waals surface area (Å²) in [6.07, 6.45) is 2.69. The van der Waals surface area contributed by atoms with Gasteiger partial charge in [-0.05, 0) is 17.7 Å². The minimum absolute atomic E-state index is 0.340. The zero-order valence-corrected chi connectivity index (χ0v) is 10.6. The lowest BCUT2D eigenvalue weighted by Crippen LogP contribution is -2.07. The summed E-state index contributed by atoms with van der Waals surface area (Å²) in [5.41, 5.74) is 1.36. The second-order valence-corrected chi connectivity index (χ2v) is 4.24. The zero-order valence-electron chi connectivity index (χ0n) is 9.88. The Labute approximate surface area is 110 Å². The fraction of sp³-hybridized carbons (Fsp3) is 0.231. The predicted octanol–water partition coefficient (Wildman–Crippen LogP) is 2.41. The Morgan fingerprint density at radius 1 is 1.33 bits per heavy atom. The van der Waals surface area contributed by atoms with E-state index in [9.17, 15) is 5.11 Å². The highest BCUT2D eigenvalue weighted by atomic mass is 35.5. The summed E-state index contributed by atoms with van der Waals surface area (Å²) in [6, 6.07) is 7.35. The molecule has 0 aliphatic carbocycles. The maximum Gasteiger partial charge on any atom is 0.238 e. The molecule has 1 N–H and O–H groups in total. The highest BCUT2D eigenvalue weighted by Crippen LogP contribution is 2.24. The van der Waals surface area contributed by atoms with Crippen LogP contribution in [0.25, 0.3) is 0 Å². The minimum Gasteiger partial charge on any atom is -0.480 e. The van der Waals surface area contributed by atoms with E-state index in [2.05, 4.69) is 9.97 Å². The normalized spacial score (nSPS) is 12.2. The molecular formula is C13H13ClN2O2. The molecule has 0 spiro atoms. The second-order valence-electron chi connectivity index (χ2n) is 3.80. The molecule has 4 nitrogen and oxygen atoms in total. The Bertz CT molecular complexity index is 534. The van der Waals surface area contributed by atoms with Crippen LogP contribution in [-0.4, -0.2) is 22.2 Å². The predicted molar refractivity (Wildman–Crippen MR) is 68.7 cm³/mol. The monoisotopic (exact) mass is 264 g/mol. The van der Waals surface area contributed by atoms with Crippen molar-refractivity contribution in [2.24, 2.45) is 0 Å². The first-order chi connectivity index (χ1) is 8.70. The summed E-state index contributed by atoms with van der Waals surface area (Å²) >= 11 is 5.90. The Morgan fingerprint density at radius 3 is 2.83 bits per heavy atom. The first kappa shape index (κ1) is 12.8. The Morgan fingerprint density at radius 2 is 2.11 bits per heavy atom. The van der Waals surface area contributed by atoms with Crippen LogP contribution < -0.4 is 4.74 Å². The number of aromatic nitrogens is 2. The van der Waals surface area contributed by atoms with Crippen molar-refractivity contribution in [1.82, 2.24) is 9.97 Å². The third-order valence-corrected chi connectivity index (χ3v) is 2.75. The summed E-state index contributed by atoms with van der Waals surface area (Å²) < 4.78 is 5.07. The van der Waals surface area contributed by atoms with Gasteiger partial charge in [-0.2, -0.15) is 0 Å². The number of aliphatic hydroxyl groups is 1. The third kappa shape index (κ3) is 2.97. The lowest BCUT2D eigenvalue weighted by molar-refractivity contribution is 0.167. The average molecular weight is 265 g/mol. The van der Waals surface area contributed by atoms with E-state index in [0.717, 1.165) is 5.56 Å². The van der Waals surface area contributed by atoms with Crippen LogP contribution in [0.4, 0.5) is 0 Å². The number of hydrogen-bond donors (Lipinski definition) is 1. The Hall–Kier alpha value is -1.65.